The Hall–Kier alpha value is -2.04. The van der Waals surface area contributed by atoms with Crippen molar-refractivity contribution in [2.24, 2.45) is 21.0 Å². The first-order chi connectivity index (χ1) is 7.86. The van der Waals surface area contributed by atoms with E-state index < -0.39 is 0 Å². The van der Waals surface area contributed by atoms with Crippen LogP contribution in [0, 0.1) is 5.92 Å². The number of hydrogen-bond acceptors (Lipinski definition) is 5. The van der Waals surface area contributed by atoms with Gasteiger partial charge in [0.15, 0.2) is 6.17 Å². The van der Waals surface area contributed by atoms with Crippen LogP contribution in [0.2, 0.25) is 0 Å². The quantitative estimate of drug-likeness (QED) is 0.692. The van der Waals surface area contributed by atoms with E-state index in [-0.39, 0.29) is 12.1 Å². The van der Waals surface area contributed by atoms with Gasteiger partial charge in [-0.1, -0.05) is 0 Å². The van der Waals surface area contributed by atoms with Crippen molar-refractivity contribution >= 4 is 18.3 Å². The van der Waals surface area contributed by atoms with E-state index >= 15 is 0 Å². The molecule has 0 fully saturated rings. The van der Waals surface area contributed by atoms with Crippen LogP contribution < -0.4 is 0 Å². The SMILES string of the molecule is CN1N=C(c2cccnc2)C2C=NC=NC21. The molecule has 16 heavy (non-hydrogen) atoms. The molecule has 80 valence electrons. The van der Waals surface area contributed by atoms with Crippen molar-refractivity contribution in [2.45, 2.75) is 6.17 Å². The Bertz CT molecular complexity index is 476. The molecule has 0 bridgehead atoms. The highest BCUT2D eigenvalue weighted by Crippen LogP contribution is 2.25. The van der Waals surface area contributed by atoms with Crippen LogP contribution in [-0.2, 0) is 0 Å². The molecule has 5 nitrogen and oxygen atoms in total. The summed E-state index contributed by atoms with van der Waals surface area (Å²) in [6.07, 6.45) is 7.11. The van der Waals surface area contributed by atoms with Crippen molar-refractivity contribution in [3.8, 4) is 0 Å². The number of nitrogens with zero attached hydrogens (tertiary/aromatic N) is 5. The first kappa shape index (κ1) is 9.21. The van der Waals surface area contributed by atoms with Crippen LogP contribution in [0.25, 0.3) is 0 Å². The number of aliphatic imine (C=N–C) groups is 2. The van der Waals surface area contributed by atoms with Gasteiger partial charge in [-0.3, -0.25) is 9.99 Å². The average Bonchev–Trinajstić information content (AvgIpc) is 2.69. The molecule has 0 N–H and O–H groups in total. The summed E-state index contributed by atoms with van der Waals surface area (Å²) in [5.41, 5.74) is 2.02. The summed E-state index contributed by atoms with van der Waals surface area (Å²) >= 11 is 0. The molecule has 0 saturated heterocycles. The number of aromatic nitrogens is 1. The number of rotatable bonds is 1. The summed E-state index contributed by atoms with van der Waals surface area (Å²) in [6, 6.07) is 3.92. The number of hydrazone groups is 1. The van der Waals surface area contributed by atoms with Crippen LogP contribution in [0.5, 0.6) is 0 Å². The first-order valence-electron chi connectivity index (χ1n) is 5.13. The Morgan fingerprint density at radius 2 is 2.31 bits per heavy atom. The van der Waals surface area contributed by atoms with E-state index in [0.29, 0.717) is 0 Å². The third-order valence-electron chi connectivity index (χ3n) is 2.78. The third-order valence-corrected chi connectivity index (χ3v) is 2.78. The molecule has 1 aromatic heterocycles. The molecule has 0 amide bonds. The van der Waals surface area contributed by atoms with Gasteiger partial charge in [0.25, 0.3) is 0 Å². The zero-order chi connectivity index (χ0) is 11.0. The van der Waals surface area contributed by atoms with Crippen molar-refractivity contribution in [1.82, 2.24) is 9.99 Å². The van der Waals surface area contributed by atoms with E-state index in [2.05, 4.69) is 20.1 Å². The zero-order valence-corrected chi connectivity index (χ0v) is 8.85. The first-order valence-corrected chi connectivity index (χ1v) is 5.13. The standard InChI is InChI=1S/C11H11N5/c1-16-11-9(6-13-7-14-11)10(15-16)8-3-2-4-12-5-8/h2-7,9,11H,1H3. The minimum absolute atomic E-state index is 0.0488. The van der Waals surface area contributed by atoms with Gasteiger partial charge in [0, 0.05) is 31.2 Å². The lowest BCUT2D eigenvalue weighted by Crippen LogP contribution is -2.32. The minimum atomic E-state index is 0.0488. The van der Waals surface area contributed by atoms with Gasteiger partial charge in [-0.2, -0.15) is 5.10 Å². The molecule has 1 aromatic rings. The maximum Gasteiger partial charge on any atom is 0.151 e. The lowest BCUT2D eigenvalue weighted by atomic mass is 9.97. The summed E-state index contributed by atoms with van der Waals surface area (Å²) in [5.74, 6) is 0.138. The van der Waals surface area contributed by atoms with Crippen LogP contribution in [0.4, 0.5) is 0 Å². The van der Waals surface area contributed by atoms with Crippen LogP contribution in [-0.4, -0.2) is 41.5 Å². The predicted octanol–water partition coefficient (Wildman–Crippen LogP) is 0.786. The Balaban J connectivity index is 2.00. The Morgan fingerprint density at radius 1 is 1.38 bits per heavy atom. The molecule has 0 aromatic carbocycles. The largest absolute Gasteiger partial charge is 0.274 e. The molecule has 3 rings (SSSR count). The van der Waals surface area contributed by atoms with Gasteiger partial charge in [0.2, 0.25) is 0 Å². The molecule has 5 heteroatoms. The summed E-state index contributed by atoms with van der Waals surface area (Å²) in [5, 5.41) is 6.38. The number of fused-ring (bicyclic) bond motifs is 1. The fraction of sp³-hybridized carbons (Fsp3) is 0.273. The van der Waals surface area contributed by atoms with Crippen LogP contribution in [0.1, 0.15) is 5.56 Å². The Morgan fingerprint density at radius 3 is 3.12 bits per heavy atom. The highest BCUT2D eigenvalue weighted by atomic mass is 15.5. The van der Waals surface area contributed by atoms with E-state index in [0.717, 1.165) is 11.3 Å². The van der Waals surface area contributed by atoms with Crippen LogP contribution >= 0.6 is 0 Å². The summed E-state index contributed by atoms with van der Waals surface area (Å²) < 4.78 is 0. The van der Waals surface area contributed by atoms with E-state index in [4.69, 9.17) is 0 Å². The Labute approximate surface area is 93.2 Å². The predicted molar refractivity (Wildman–Crippen MR) is 62.8 cm³/mol. The maximum absolute atomic E-state index is 4.51. The maximum atomic E-state index is 4.51. The second-order valence-corrected chi connectivity index (χ2v) is 3.80. The third kappa shape index (κ3) is 1.32. The molecule has 2 aliphatic heterocycles. The molecule has 3 heterocycles. The molecule has 0 aliphatic carbocycles. The minimum Gasteiger partial charge on any atom is -0.274 e. The zero-order valence-electron chi connectivity index (χ0n) is 8.85. The molecule has 0 saturated carbocycles. The fourth-order valence-electron chi connectivity index (χ4n) is 2.01. The summed E-state index contributed by atoms with van der Waals surface area (Å²) in [7, 11) is 1.93. The smallest absolute Gasteiger partial charge is 0.151 e. The highest BCUT2D eigenvalue weighted by Gasteiger charge is 2.35. The highest BCUT2D eigenvalue weighted by molar-refractivity contribution is 6.12. The molecule has 2 unspecified atom stereocenters. The van der Waals surface area contributed by atoms with E-state index in [1.165, 1.54) is 0 Å². The van der Waals surface area contributed by atoms with Crippen molar-refractivity contribution < 1.29 is 0 Å². The van der Waals surface area contributed by atoms with Gasteiger partial charge < -0.3 is 0 Å². The number of pyridine rings is 1. The van der Waals surface area contributed by atoms with E-state index in [1.54, 1.807) is 12.5 Å². The normalized spacial score (nSPS) is 26.8. The van der Waals surface area contributed by atoms with Gasteiger partial charge >= 0.3 is 0 Å². The van der Waals surface area contributed by atoms with Crippen molar-refractivity contribution in [3.63, 3.8) is 0 Å². The average molecular weight is 213 g/mol. The van der Waals surface area contributed by atoms with Crippen molar-refractivity contribution in [2.75, 3.05) is 7.05 Å². The van der Waals surface area contributed by atoms with Crippen molar-refractivity contribution in [3.05, 3.63) is 30.1 Å². The second kappa shape index (κ2) is 3.52. The Kier molecular flexibility index (Phi) is 2.02. The van der Waals surface area contributed by atoms with Gasteiger partial charge in [-0.15, -0.1) is 0 Å². The van der Waals surface area contributed by atoms with Gasteiger partial charge in [0.1, 0.15) is 6.34 Å². The monoisotopic (exact) mass is 213 g/mol. The van der Waals surface area contributed by atoms with E-state index in [1.807, 2.05) is 36.6 Å². The van der Waals surface area contributed by atoms with Gasteiger partial charge in [-0.25, -0.2) is 9.98 Å². The molecule has 2 aliphatic rings. The molecular weight excluding hydrogens is 202 g/mol. The van der Waals surface area contributed by atoms with E-state index in [9.17, 15) is 0 Å². The lowest BCUT2D eigenvalue weighted by Gasteiger charge is -2.19. The van der Waals surface area contributed by atoms with Crippen LogP contribution in [0.3, 0.4) is 0 Å². The number of hydrogen-bond donors (Lipinski definition) is 0. The van der Waals surface area contributed by atoms with Gasteiger partial charge in [0.05, 0.1) is 11.6 Å². The topological polar surface area (TPSA) is 53.2 Å². The summed E-state index contributed by atoms with van der Waals surface area (Å²) in [4.78, 5) is 12.5. The molecule has 0 spiro atoms. The molecule has 0 radical (unpaired) electrons. The van der Waals surface area contributed by atoms with Gasteiger partial charge in [-0.05, 0) is 12.1 Å². The summed E-state index contributed by atoms with van der Waals surface area (Å²) in [6.45, 7) is 0. The van der Waals surface area contributed by atoms with Crippen LogP contribution in [0.15, 0.2) is 39.6 Å². The lowest BCUT2D eigenvalue weighted by molar-refractivity contribution is 0.277. The fourth-order valence-corrected chi connectivity index (χ4v) is 2.01. The second-order valence-electron chi connectivity index (χ2n) is 3.80. The van der Waals surface area contributed by atoms with Crippen molar-refractivity contribution in [1.29, 1.82) is 0 Å². The molecular formula is C11H11N5. The molecule has 2 atom stereocenters.